The van der Waals surface area contributed by atoms with Crippen LogP contribution in [0.5, 0.6) is 0 Å². The van der Waals surface area contributed by atoms with Gasteiger partial charge in [-0.05, 0) is 6.92 Å². The van der Waals surface area contributed by atoms with Crippen LogP contribution in [0, 0.1) is 0 Å². The average Bonchev–Trinajstić information content (AvgIpc) is 3.28. The second kappa shape index (κ2) is 59.8. The standard InChI is InChI=1S/C42H84O20/c1-3-43-5-7-45-9-11-47-13-15-49-17-19-51-21-23-53-25-27-55-29-31-57-33-35-59-37-39-61-41-42-62-40-38-60-36-34-58-32-30-56-28-26-54-24-22-52-20-18-50-16-14-48-12-10-46-8-6-44-4-2/h3H,1,4-42H2,2H3. The van der Waals surface area contributed by atoms with Crippen LogP contribution >= 0.6 is 0 Å². The molecule has 0 heterocycles. The van der Waals surface area contributed by atoms with Gasteiger partial charge in [-0.3, -0.25) is 0 Å². The lowest BCUT2D eigenvalue weighted by atomic mass is 10.6. The first-order chi connectivity index (χ1) is 30.9. The molecule has 0 aliphatic carbocycles. The van der Waals surface area contributed by atoms with Gasteiger partial charge >= 0.3 is 0 Å². The van der Waals surface area contributed by atoms with Gasteiger partial charge in [0, 0.05) is 6.61 Å². The molecule has 0 spiro atoms. The van der Waals surface area contributed by atoms with E-state index < -0.39 is 0 Å². The highest BCUT2D eigenvalue weighted by Gasteiger charge is 1.99. The van der Waals surface area contributed by atoms with Gasteiger partial charge in [0.15, 0.2) is 0 Å². The predicted molar refractivity (Wildman–Crippen MR) is 227 cm³/mol. The van der Waals surface area contributed by atoms with E-state index in [4.69, 9.17) is 94.7 Å². The molecule has 0 amide bonds. The molecule has 0 radical (unpaired) electrons. The summed E-state index contributed by atoms with van der Waals surface area (Å²) in [5.74, 6) is 0. The van der Waals surface area contributed by atoms with Gasteiger partial charge in [-0.25, -0.2) is 0 Å². The van der Waals surface area contributed by atoms with E-state index in [0.29, 0.717) is 258 Å². The van der Waals surface area contributed by atoms with Crippen molar-refractivity contribution in [3.8, 4) is 0 Å². The van der Waals surface area contributed by atoms with E-state index in [1.807, 2.05) is 6.92 Å². The van der Waals surface area contributed by atoms with Crippen LogP contribution in [0.15, 0.2) is 12.8 Å². The Hall–Kier alpha value is -1.22. The number of hydrogen-bond acceptors (Lipinski definition) is 20. The van der Waals surface area contributed by atoms with Gasteiger partial charge in [0.05, 0.1) is 251 Å². The van der Waals surface area contributed by atoms with Crippen LogP contribution in [0.3, 0.4) is 0 Å². The molecule has 20 heteroatoms. The summed E-state index contributed by atoms with van der Waals surface area (Å²) in [7, 11) is 0. The molecule has 0 saturated heterocycles. The lowest BCUT2D eigenvalue weighted by Crippen LogP contribution is -2.16. The highest BCUT2D eigenvalue weighted by molar-refractivity contribution is 4.48. The molecule has 0 atom stereocenters. The Kier molecular flexibility index (Phi) is 58.6. The summed E-state index contributed by atoms with van der Waals surface area (Å²) in [6.45, 7) is 25.6. The fraction of sp³-hybridized carbons (Fsp3) is 0.952. The summed E-state index contributed by atoms with van der Waals surface area (Å²) in [6.07, 6.45) is 1.39. The van der Waals surface area contributed by atoms with Crippen molar-refractivity contribution >= 4 is 0 Å². The van der Waals surface area contributed by atoms with Gasteiger partial charge < -0.3 is 94.7 Å². The second-order valence-corrected chi connectivity index (χ2v) is 12.3. The molecule has 0 aliphatic rings. The van der Waals surface area contributed by atoms with Crippen molar-refractivity contribution in [1.29, 1.82) is 0 Å². The van der Waals surface area contributed by atoms with Crippen LogP contribution in [0.25, 0.3) is 0 Å². The Morgan fingerprint density at radius 1 is 0.194 bits per heavy atom. The Morgan fingerprint density at radius 2 is 0.306 bits per heavy atom. The Bertz CT molecular complexity index is 793. The zero-order valence-corrected chi connectivity index (χ0v) is 38.0. The lowest BCUT2D eigenvalue weighted by Gasteiger charge is -2.09. The second-order valence-electron chi connectivity index (χ2n) is 12.3. The first-order valence-corrected chi connectivity index (χ1v) is 22.1. The van der Waals surface area contributed by atoms with E-state index in [1.165, 1.54) is 6.26 Å². The van der Waals surface area contributed by atoms with Gasteiger partial charge in [-0.1, -0.05) is 6.58 Å². The SMILES string of the molecule is C=COCCOCCOCCOCCOCCOCCOCCOCCOCCOCCOCCOCCOCCOCCOCCOCCOCCOCCOCCOCC. The van der Waals surface area contributed by atoms with Crippen molar-refractivity contribution in [3.63, 3.8) is 0 Å². The Labute approximate surface area is 371 Å². The fourth-order valence-electron chi connectivity index (χ4n) is 4.29. The molecule has 0 aliphatic heterocycles. The molecular formula is C42H84O20. The first-order valence-electron chi connectivity index (χ1n) is 22.1. The van der Waals surface area contributed by atoms with Crippen LogP contribution in [-0.2, 0) is 94.7 Å². The number of ether oxygens (including phenoxy) is 20. The Morgan fingerprint density at radius 3 is 0.419 bits per heavy atom. The molecule has 0 fully saturated rings. The lowest BCUT2D eigenvalue weighted by molar-refractivity contribution is -0.0312. The van der Waals surface area contributed by atoms with Gasteiger partial charge in [0.2, 0.25) is 0 Å². The van der Waals surface area contributed by atoms with E-state index in [1.54, 1.807) is 0 Å². The summed E-state index contributed by atoms with van der Waals surface area (Å²) < 4.78 is 109. The van der Waals surface area contributed by atoms with E-state index in [-0.39, 0.29) is 0 Å². The molecular weight excluding hydrogens is 824 g/mol. The summed E-state index contributed by atoms with van der Waals surface area (Å²) in [6, 6.07) is 0. The third kappa shape index (κ3) is 58.8. The summed E-state index contributed by atoms with van der Waals surface area (Å²) >= 11 is 0. The molecule has 0 saturated carbocycles. The predicted octanol–water partition coefficient (Wildman–Crippen LogP) is 1.48. The summed E-state index contributed by atoms with van der Waals surface area (Å²) in [4.78, 5) is 0. The topological polar surface area (TPSA) is 185 Å². The van der Waals surface area contributed by atoms with Crippen LogP contribution < -0.4 is 0 Å². The Balaban J connectivity index is 3.06. The smallest absolute Gasteiger partial charge is 0.111 e. The maximum atomic E-state index is 5.51. The zero-order valence-electron chi connectivity index (χ0n) is 38.0. The van der Waals surface area contributed by atoms with Crippen LogP contribution in [0.4, 0.5) is 0 Å². The minimum Gasteiger partial charge on any atom is -0.499 e. The van der Waals surface area contributed by atoms with E-state index in [9.17, 15) is 0 Å². The van der Waals surface area contributed by atoms with Crippen LogP contribution in [-0.4, -0.2) is 258 Å². The molecule has 62 heavy (non-hydrogen) atoms. The van der Waals surface area contributed by atoms with Gasteiger partial charge in [-0.2, -0.15) is 0 Å². The van der Waals surface area contributed by atoms with Gasteiger partial charge in [-0.15, -0.1) is 0 Å². The molecule has 0 bridgehead atoms. The molecule has 0 unspecified atom stereocenters. The average molecular weight is 909 g/mol. The largest absolute Gasteiger partial charge is 0.499 e. The van der Waals surface area contributed by atoms with Crippen molar-refractivity contribution < 1.29 is 94.7 Å². The van der Waals surface area contributed by atoms with Crippen molar-refractivity contribution in [2.24, 2.45) is 0 Å². The van der Waals surface area contributed by atoms with Crippen molar-refractivity contribution in [2.45, 2.75) is 6.92 Å². The summed E-state index contributed by atoms with van der Waals surface area (Å²) in [5, 5.41) is 0. The maximum Gasteiger partial charge on any atom is 0.111 e. The number of rotatable bonds is 59. The quantitative estimate of drug-likeness (QED) is 0.0631. The minimum atomic E-state index is 0.494. The molecule has 372 valence electrons. The maximum absolute atomic E-state index is 5.51. The highest BCUT2D eigenvalue weighted by atomic mass is 16.6. The molecule has 0 rings (SSSR count). The third-order valence-electron chi connectivity index (χ3n) is 7.36. The van der Waals surface area contributed by atoms with E-state index in [2.05, 4.69) is 6.58 Å². The van der Waals surface area contributed by atoms with Crippen LogP contribution in [0.1, 0.15) is 6.92 Å². The van der Waals surface area contributed by atoms with Gasteiger partial charge in [0.25, 0.3) is 0 Å². The molecule has 0 aromatic heterocycles. The number of hydrogen-bond donors (Lipinski definition) is 0. The van der Waals surface area contributed by atoms with E-state index >= 15 is 0 Å². The van der Waals surface area contributed by atoms with E-state index in [0.717, 1.165) is 0 Å². The van der Waals surface area contributed by atoms with Gasteiger partial charge in [0.1, 0.15) is 6.61 Å². The minimum absolute atomic E-state index is 0.494. The molecule has 0 N–H and O–H groups in total. The first kappa shape index (κ1) is 60.8. The highest BCUT2D eigenvalue weighted by Crippen LogP contribution is 1.90. The zero-order chi connectivity index (χ0) is 44.4. The summed E-state index contributed by atoms with van der Waals surface area (Å²) in [5.41, 5.74) is 0. The van der Waals surface area contributed by atoms with Crippen molar-refractivity contribution in [2.75, 3.05) is 258 Å². The third-order valence-corrected chi connectivity index (χ3v) is 7.36. The molecule has 0 aromatic carbocycles. The van der Waals surface area contributed by atoms with Crippen molar-refractivity contribution in [1.82, 2.24) is 0 Å². The van der Waals surface area contributed by atoms with Crippen molar-refractivity contribution in [3.05, 3.63) is 12.8 Å². The normalized spacial score (nSPS) is 11.6. The van der Waals surface area contributed by atoms with Crippen LogP contribution in [0.2, 0.25) is 0 Å². The molecule has 0 aromatic rings. The monoisotopic (exact) mass is 909 g/mol. The fourth-order valence-corrected chi connectivity index (χ4v) is 4.29. The molecule has 20 nitrogen and oxygen atoms in total.